The monoisotopic (exact) mass is 327 g/mol. The zero-order valence-corrected chi connectivity index (χ0v) is 14.1. The fourth-order valence-electron chi connectivity index (χ4n) is 2.14. The molecule has 108 valence electrons. The Morgan fingerprint density at radius 1 is 1.21 bits per heavy atom. The number of hydrogen-bond donors (Lipinski definition) is 1. The van der Waals surface area contributed by atoms with Crippen LogP contribution in [0.5, 0.6) is 5.75 Å². The lowest BCUT2D eigenvalue weighted by Gasteiger charge is -2.20. The molecule has 0 amide bonds. The van der Waals surface area contributed by atoms with E-state index < -0.39 is 0 Å². The average molecular weight is 328 g/mol. The van der Waals surface area contributed by atoms with Crippen molar-refractivity contribution in [1.29, 1.82) is 0 Å². The van der Waals surface area contributed by atoms with Crippen molar-refractivity contribution >= 4 is 15.9 Å². The van der Waals surface area contributed by atoms with Crippen LogP contribution in [0.2, 0.25) is 0 Å². The molecule has 1 rings (SSSR count). The molecule has 0 heterocycles. The highest BCUT2D eigenvalue weighted by Crippen LogP contribution is 2.30. The smallest absolute Gasteiger partial charge is 0.133 e. The van der Waals surface area contributed by atoms with Crippen LogP contribution in [0.1, 0.15) is 52.1 Å². The van der Waals surface area contributed by atoms with Gasteiger partial charge in [0, 0.05) is 6.04 Å². The van der Waals surface area contributed by atoms with E-state index in [1.807, 2.05) is 6.92 Å². The van der Waals surface area contributed by atoms with Crippen LogP contribution in [-0.2, 0) is 0 Å². The van der Waals surface area contributed by atoms with Crippen LogP contribution in [0.4, 0.5) is 0 Å². The molecule has 1 N–H and O–H groups in total. The van der Waals surface area contributed by atoms with Crippen LogP contribution in [0.3, 0.4) is 0 Å². The van der Waals surface area contributed by atoms with Gasteiger partial charge in [-0.3, -0.25) is 0 Å². The molecule has 0 bridgehead atoms. The van der Waals surface area contributed by atoms with Crippen LogP contribution in [-0.4, -0.2) is 13.2 Å². The SMILES string of the molecule is CCNC(CCC(C)C)c1ccc(OCC)c(Br)c1. The number of ether oxygens (including phenoxy) is 1. The highest BCUT2D eigenvalue weighted by atomic mass is 79.9. The molecule has 1 atom stereocenters. The van der Waals surface area contributed by atoms with E-state index in [0.29, 0.717) is 12.6 Å². The minimum Gasteiger partial charge on any atom is -0.493 e. The molecule has 0 radical (unpaired) electrons. The standard InChI is InChI=1S/C16H26BrNO/c1-5-18-15(9-7-12(3)4)13-8-10-16(19-6-2)14(17)11-13/h8,10-12,15,18H,5-7,9H2,1-4H3. The van der Waals surface area contributed by atoms with Gasteiger partial charge in [-0.05, 0) is 65.9 Å². The van der Waals surface area contributed by atoms with Crippen molar-refractivity contribution in [2.75, 3.05) is 13.2 Å². The van der Waals surface area contributed by atoms with Crippen LogP contribution in [0.25, 0.3) is 0 Å². The third-order valence-corrected chi connectivity index (χ3v) is 3.76. The second-order valence-corrected chi connectivity index (χ2v) is 6.06. The van der Waals surface area contributed by atoms with Gasteiger partial charge in [0.05, 0.1) is 11.1 Å². The molecule has 0 aliphatic rings. The van der Waals surface area contributed by atoms with E-state index in [9.17, 15) is 0 Å². The first-order chi connectivity index (χ1) is 9.08. The summed E-state index contributed by atoms with van der Waals surface area (Å²) in [6.07, 6.45) is 2.41. The topological polar surface area (TPSA) is 21.3 Å². The first kappa shape index (κ1) is 16.5. The molecule has 0 aliphatic carbocycles. The fourth-order valence-corrected chi connectivity index (χ4v) is 2.65. The first-order valence-electron chi connectivity index (χ1n) is 7.24. The summed E-state index contributed by atoms with van der Waals surface area (Å²) in [7, 11) is 0. The van der Waals surface area contributed by atoms with Gasteiger partial charge in [-0.2, -0.15) is 0 Å². The zero-order valence-electron chi connectivity index (χ0n) is 12.5. The van der Waals surface area contributed by atoms with Gasteiger partial charge in [0.2, 0.25) is 0 Å². The highest BCUT2D eigenvalue weighted by Gasteiger charge is 2.13. The zero-order chi connectivity index (χ0) is 14.3. The lowest BCUT2D eigenvalue weighted by atomic mass is 9.97. The Bertz CT molecular complexity index is 379. The van der Waals surface area contributed by atoms with Gasteiger partial charge in [-0.1, -0.05) is 26.8 Å². The van der Waals surface area contributed by atoms with E-state index in [1.54, 1.807) is 0 Å². The van der Waals surface area contributed by atoms with Crippen molar-refractivity contribution in [3.63, 3.8) is 0 Å². The molecular weight excluding hydrogens is 302 g/mol. The van der Waals surface area contributed by atoms with E-state index in [2.05, 4.69) is 60.2 Å². The third kappa shape index (κ3) is 5.53. The summed E-state index contributed by atoms with van der Waals surface area (Å²) in [5.41, 5.74) is 1.33. The number of benzene rings is 1. The van der Waals surface area contributed by atoms with E-state index >= 15 is 0 Å². The Hall–Kier alpha value is -0.540. The molecule has 0 saturated heterocycles. The molecule has 1 aromatic rings. The van der Waals surface area contributed by atoms with Crippen molar-refractivity contribution < 1.29 is 4.74 Å². The Morgan fingerprint density at radius 2 is 1.95 bits per heavy atom. The molecule has 3 heteroatoms. The maximum absolute atomic E-state index is 5.56. The van der Waals surface area contributed by atoms with Crippen molar-refractivity contribution in [3.8, 4) is 5.75 Å². The van der Waals surface area contributed by atoms with Crippen molar-refractivity contribution in [2.45, 2.75) is 46.6 Å². The van der Waals surface area contributed by atoms with Gasteiger partial charge < -0.3 is 10.1 Å². The normalized spacial score (nSPS) is 12.7. The summed E-state index contributed by atoms with van der Waals surface area (Å²) in [5, 5.41) is 3.57. The Morgan fingerprint density at radius 3 is 2.47 bits per heavy atom. The highest BCUT2D eigenvalue weighted by molar-refractivity contribution is 9.10. The van der Waals surface area contributed by atoms with Crippen molar-refractivity contribution in [3.05, 3.63) is 28.2 Å². The van der Waals surface area contributed by atoms with Gasteiger partial charge in [0.1, 0.15) is 5.75 Å². The maximum Gasteiger partial charge on any atom is 0.133 e. The van der Waals surface area contributed by atoms with Crippen molar-refractivity contribution in [1.82, 2.24) is 5.32 Å². The molecule has 0 aliphatic heterocycles. The van der Waals surface area contributed by atoms with E-state index in [4.69, 9.17) is 4.74 Å². The van der Waals surface area contributed by atoms with Crippen LogP contribution in [0.15, 0.2) is 22.7 Å². The molecule has 0 spiro atoms. The minimum atomic E-state index is 0.430. The third-order valence-electron chi connectivity index (χ3n) is 3.14. The van der Waals surface area contributed by atoms with Gasteiger partial charge in [0.25, 0.3) is 0 Å². The van der Waals surface area contributed by atoms with E-state index in [1.165, 1.54) is 18.4 Å². The second kappa shape index (κ2) is 8.60. The average Bonchev–Trinajstić information content (AvgIpc) is 2.37. The quantitative estimate of drug-likeness (QED) is 0.730. The van der Waals surface area contributed by atoms with E-state index in [0.717, 1.165) is 22.7 Å². The number of hydrogen-bond acceptors (Lipinski definition) is 2. The van der Waals surface area contributed by atoms with Gasteiger partial charge >= 0.3 is 0 Å². The summed E-state index contributed by atoms with van der Waals surface area (Å²) in [4.78, 5) is 0. The molecule has 19 heavy (non-hydrogen) atoms. The summed E-state index contributed by atoms with van der Waals surface area (Å²) >= 11 is 3.59. The summed E-state index contributed by atoms with van der Waals surface area (Å²) in [5.74, 6) is 1.66. The van der Waals surface area contributed by atoms with Gasteiger partial charge in [0.15, 0.2) is 0 Å². The number of rotatable bonds is 8. The number of nitrogens with one attached hydrogen (secondary N) is 1. The second-order valence-electron chi connectivity index (χ2n) is 5.20. The lowest BCUT2D eigenvalue weighted by Crippen LogP contribution is -2.21. The molecule has 0 fully saturated rings. The molecule has 1 aromatic carbocycles. The number of halogens is 1. The first-order valence-corrected chi connectivity index (χ1v) is 8.03. The van der Waals surface area contributed by atoms with Crippen LogP contribution in [0, 0.1) is 5.92 Å². The molecule has 0 aromatic heterocycles. The molecule has 2 nitrogen and oxygen atoms in total. The largest absolute Gasteiger partial charge is 0.493 e. The fraction of sp³-hybridized carbons (Fsp3) is 0.625. The maximum atomic E-state index is 5.56. The summed E-state index contributed by atoms with van der Waals surface area (Å²) < 4.78 is 6.60. The summed E-state index contributed by atoms with van der Waals surface area (Å²) in [6.45, 7) is 10.4. The van der Waals surface area contributed by atoms with Crippen molar-refractivity contribution in [2.24, 2.45) is 5.92 Å². The minimum absolute atomic E-state index is 0.430. The van der Waals surface area contributed by atoms with Crippen LogP contribution >= 0.6 is 15.9 Å². The Kier molecular flexibility index (Phi) is 7.47. The molecular formula is C16H26BrNO. The van der Waals surface area contributed by atoms with Gasteiger partial charge in [-0.15, -0.1) is 0 Å². The van der Waals surface area contributed by atoms with Gasteiger partial charge in [-0.25, -0.2) is 0 Å². The molecule has 0 saturated carbocycles. The predicted molar refractivity (Wildman–Crippen MR) is 85.8 cm³/mol. The van der Waals surface area contributed by atoms with Crippen LogP contribution < -0.4 is 10.1 Å². The summed E-state index contributed by atoms with van der Waals surface area (Å²) in [6, 6.07) is 6.84. The van der Waals surface area contributed by atoms with E-state index in [-0.39, 0.29) is 0 Å². The molecule has 1 unspecified atom stereocenters. The lowest BCUT2D eigenvalue weighted by molar-refractivity contribution is 0.337. The predicted octanol–water partition coefficient (Wildman–Crippen LogP) is 4.93. The Balaban J connectivity index is 2.80. The Labute approximate surface area is 126 Å².